The lowest BCUT2D eigenvalue weighted by atomic mass is 10.1. The summed E-state index contributed by atoms with van der Waals surface area (Å²) in [7, 11) is 3.80. The Bertz CT molecular complexity index is 667. The van der Waals surface area contributed by atoms with Crippen molar-refractivity contribution in [3.8, 4) is 17.3 Å². The van der Waals surface area contributed by atoms with Crippen molar-refractivity contribution in [2.75, 3.05) is 14.1 Å². The van der Waals surface area contributed by atoms with Crippen molar-refractivity contribution in [2.45, 2.75) is 6.67 Å². The maximum absolute atomic E-state index is 10.6. The maximum Gasteiger partial charge on any atom is 0.269 e. The van der Waals surface area contributed by atoms with Crippen molar-refractivity contribution in [3.05, 3.63) is 46.1 Å². The molecule has 1 aromatic heterocycles. The lowest BCUT2D eigenvalue weighted by molar-refractivity contribution is -0.384. The largest absolute Gasteiger partial charge is 0.291 e. The molecule has 0 aliphatic heterocycles. The highest BCUT2D eigenvalue weighted by Crippen LogP contribution is 2.24. The van der Waals surface area contributed by atoms with Gasteiger partial charge in [0, 0.05) is 23.9 Å². The van der Waals surface area contributed by atoms with Crippen LogP contribution in [0.5, 0.6) is 0 Å². The molecule has 102 valence electrons. The summed E-state index contributed by atoms with van der Waals surface area (Å²) in [5, 5.41) is 24.1. The van der Waals surface area contributed by atoms with E-state index in [1.54, 1.807) is 23.0 Å². The Balaban J connectivity index is 2.38. The molecule has 1 aromatic carbocycles. The highest BCUT2D eigenvalue weighted by Gasteiger charge is 2.13. The highest BCUT2D eigenvalue weighted by molar-refractivity contribution is 5.67. The molecule has 2 aromatic rings. The molecule has 0 N–H and O–H groups in total. The van der Waals surface area contributed by atoms with Crippen LogP contribution < -0.4 is 0 Å². The Kier molecular flexibility index (Phi) is 3.77. The van der Waals surface area contributed by atoms with Crippen LogP contribution in [0.3, 0.4) is 0 Å². The van der Waals surface area contributed by atoms with Gasteiger partial charge < -0.3 is 0 Å². The van der Waals surface area contributed by atoms with E-state index in [9.17, 15) is 10.1 Å². The molecule has 0 bridgehead atoms. The van der Waals surface area contributed by atoms with E-state index in [0.717, 1.165) is 0 Å². The van der Waals surface area contributed by atoms with Gasteiger partial charge >= 0.3 is 0 Å². The lowest BCUT2D eigenvalue weighted by Gasteiger charge is -2.08. The zero-order chi connectivity index (χ0) is 14.7. The van der Waals surface area contributed by atoms with Gasteiger partial charge in [-0.05, 0) is 26.2 Å². The Morgan fingerprint density at radius 1 is 1.40 bits per heavy atom. The zero-order valence-electron chi connectivity index (χ0n) is 11.1. The minimum atomic E-state index is -0.459. The minimum Gasteiger partial charge on any atom is -0.291 e. The van der Waals surface area contributed by atoms with Gasteiger partial charge in [0.1, 0.15) is 11.8 Å². The molecular formula is C13H13N5O2. The molecule has 2 rings (SSSR count). The van der Waals surface area contributed by atoms with Crippen LogP contribution >= 0.6 is 0 Å². The summed E-state index contributed by atoms with van der Waals surface area (Å²) in [6.45, 7) is 0.557. The second-order valence-electron chi connectivity index (χ2n) is 4.57. The van der Waals surface area contributed by atoms with Crippen LogP contribution in [0.2, 0.25) is 0 Å². The summed E-state index contributed by atoms with van der Waals surface area (Å²) < 4.78 is 1.66. The number of nitrogens with zero attached hydrogens (tertiary/aromatic N) is 5. The summed E-state index contributed by atoms with van der Waals surface area (Å²) in [6.07, 6.45) is 1.66. The summed E-state index contributed by atoms with van der Waals surface area (Å²) in [6, 6.07) is 8.09. The molecule has 0 aliphatic rings. The molecule has 0 amide bonds. The van der Waals surface area contributed by atoms with Gasteiger partial charge in [-0.2, -0.15) is 10.4 Å². The monoisotopic (exact) mass is 271 g/mol. The molecule has 0 spiro atoms. The van der Waals surface area contributed by atoms with Crippen molar-refractivity contribution in [3.63, 3.8) is 0 Å². The zero-order valence-corrected chi connectivity index (χ0v) is 11.1. The molecule has 7 heteroatoms. The van der Waals surface area contributed by atoms with Crippen LogP contribution in [0.1, 0.15) is 5.56 Å². The van der Waals surface area contributed by atoms with E-state index in [4.69, 9.17) is 5.26 Å². The number of non-ortho nitro benzene ring substituents is 1. The predicted molar refractivity (Wildman–Crippen MR) is 72.7 cm³/mol. The number of nitro benzene ring substituents is 1. The van der Waals surface area contributed by atoms with E-state index in [-0.39, 0.29) is 5.69 Å². The fourth-order valence-corrected chi connectivity index (χ4v) is 1.82. The molecule has 0 radical (unpaired) electrons. The standard InChI is InChI=1S/C13H13N5O2/c1-16(2)9-17-8-11(7-14)13(15-17)10-3-5-12(6-4-10)18(19)20/h3-6,8H,9H2,1-2H3. The summed E-state index contributed by atoms with van der Waals surface area (Å²) in [5.74, 6) is 0. The second kappa shape index (κ2) is 5.50. The Labute approximate surface area is 115 Å². The summed E-state index contributed by atoms with van der Waals surface area (Å²) >= 11 is 0. The van der Waals surface area contributed by atoms with Crippen molar-refractivity contribution < 1.29 is 4.92 Å². The van der Waals surface area contributed by atoms with E-state index < -0.39 is 4.92 Å². The van der Waals surface area contributed by atoms with E-state index in [1.165, 1.54) is 12.1 Å². The van der Waals surface area contributed by atoms with E-state index in [0.29, 0.717) is 23.5 Å². The molecule has 0 aliphatic carbocycles. The van der Waals surface area contributed by atoms with Crippen molar-refractivity contribution in [2.24, 2.45) is 0 Å². The Hall–Kier alpha value is -2.72. The van der Waals surface area contributed by atoms with Gasteiger partial charge in [-0.25, -0.2) is 0 Å². The molecule has 7 nitrogen and oxygen atoms in total. The maximum atomic E-state index is 10.6. The SMILES string of the molecule is CN(C)Cn1cc(C#N)c(-c2ccc([N+](=O)[O-])cc2)n1. The molecule has 20 heavy (non-hydrogen) atoms. The predicted octanol–water partition coefficient (Wildman–Crippen LogP) is 1.85. The average molecular weight is 271 g/mol. The number of benzene rings is 1. The first-order valence-electron chi connectivity index (χ1n) is 5.88. The molecule has 0 saturated carbocycles. The van der Waals surface area contributed by atoms with E-state index >= 15 is 0 Å². The highest BCUT2D eigenvalue weighted by atomic mass is 16.6. The first kappa shape index (κ1) is 13.7. The van der Waals surface area contributed by atoms with Gasteiger partial charge in [0.2, 0.25) is 0 Å². The Morgan fingerprint density at radius 2 is 2.05 bits per heavy atom. The van der Waals surface area contributed by atoms with Crippen molar-refractivity contribution in [1.29, 1.82) is 5.26 Å². The summed E-state index contributed by atoms with van der Waals surface area (Å²) in [4.78, 5) is 12.1. The summed E-state index contributed by atoms with van der Waals surface area (Å²) in [5.41, 5.74) is 1.68. The van der Waals surface area contributed by atoms with Gasteiger partial charge in [-0.15, -0.1) is 0 Å². The van der Waals surface area contributed by atoms with Crippen LogP contribution in [0.25, 0.3) is 11.3 Å². The quantitative estimate of drug-likeness (QED) is 0.625. The first-order valence-corrected chi connectivity index (χ1v) is 5.88. The molecule has 0 unspecified atom stereocenters. The lowest BCUT2D eigenvalue weighted by Crippen LogP contribution is -2.17. The van der Waals surface area contributed by atoms with Gasteiger partial charge in [-0.1, -0.05) is 0 Å². The third-order valence-corrected chi connectivity index (χ3v) is 2.66. The smallest absolute Gasteiger partial charge is 0.269 e. The van der Waals surface area contributed by atoms with Crippen molar-refractivity contribution in [1.82, 2.24) is 14.7 Å². The average Bonchev–Trinajstić information content (AvgIpc) is 2.81. The molecule has 0 saturated heterocycles. The normalized spacial score (nSPS) is 10.5. The van der Waals surface area contributed by atoms with Crippen LogP contribution in [0.15, 0.2) is 30.5 Å². The van der Waals surface area contributed by atoms with Gasteiger partial charge in [0.25, 0.3) is 5.69 Å². The molecule has 0 fully saturated rings. The number of aromatic nitrogens is 2. The van der Waals surface area contributed by atoms with Gasteiger partial charge in [0.15, 0.2) is 0 Å². The van der Waals surface area contributed by atoms with Crippen molar-refractivity contribution >= 4 is 5.69 Å². The van der Waals surface area contributed by atoms with Gasteiger partial charge in [0.05, 0.1) is 17.2 Å². The van der Waals surface area contributed by atoms with E-state index in [1.807, 2.05) is 19.0 Å². The fourth-order valence-electron chi connectivity index (χ4n) is 1.82. The second-order valence-corrected chi connectivity index (χ2v) is 4.57. The molecule has 0 atom stereocenters. The number of hydrogen-bond donors (Lipinski definition) is 0. The Morgan fingerprint density at radius 3 is 2.55 bits per heavy atom. The van der Waals surface area contributed by atoms with E-state index in [2.05, 4.69) is 11.2 Å². The fraction of sp³-hybridized carbons (Fsp3) is 0.231. The van der Waals surface area contributed by atoms with Gasteiger partial charge in [-0.3, -0.25) is 19.7 Å². The van der Waals surface area contributed by atoms with Crippen LogP contribution in [0, 0.1) is 21.4 Å². The number of rotatable bonds is 4. The number of hydrogen-bond acceptors (Lipinski definition) is 5. The van der Waals surface area contributed by atoms with Crippen LogP contribution in [-0.4, -0.2) is 33.7 Å². The molecule has 1 heterocycles. The third-order valence-electron chi connectivity index (χ3n) is 2.66. The number of nitro groups is 1. The topological polar surface area (TPSA) is 88.0 Å². The molecular weight excluding hydrogens is 258 g/mol. The first-order chi connectivity index (χ1) is 9.51. The minimum absolute atomic E-state index is 0.0139. The number of nitriles is 1. The third kappa shape index (κ3) is 2.81. The van der Waals surface area contributed by atoms with Crippen LogP contribution in [0.4, 0.5) is 5.69 Å². The van der Waals surface area contributed by atoms with Crippen LogP contribution in [-0.2, 0) is 6.67 Å².